The number of thiophene rings is 1. The SMILES string of the molecule is Clc1nncc(NCc2cccs2)n1. The highest BCUT2D eigenvalue weighted by Crippen LogP contribution is 2.11. The first-order chi connectivity index (χ1) is 6.84. The van der Waals surface area contributed by atoms with E-state index in [2.05, 4.69) is 20.5 Å². The molecule has 2 aromatic rings. The Kier molecular flexibility index (Phi) is 2.90. The predicted molar refractivity (Wildman–Crippen MR) is 56.5 cm³/mol. The van der Waals surface area contributed by atoms with Crippen molar-refractivity contribution in [2.75, 3.05) is 5.32 Å². The molecule has 0 saturated heterocycles. The number of hydrogen-bond acceptors (Lipinski definition) is 5. The average molecular weight is 227 g/mol. The molecule has 0 aliphatic rings. The second kappa shape index (κ2) is 4.34. The van der Waals surface area contributed by atoms with Gasteiger partial charge >= 0.3 is 0 Å². The Hall–Kier alpha value is -1.20. The molecule has 14 heavy (non-hydrogen) atoms. The maximum Gasteiger partial charge on any atom is 0.244 e. The summed E-state index contributed by atoms with van der Waals surface area (Å²) < 4.78 is 0. The van der Waals surface area contributed by atoms with Crippen LogP contribution in [0.5, 0.6) is 0 Å². The molecule has 2 heterocycles. The standard InChI is InChI=1S/C8H7ClN4S/c9-8-12-7(5-11-13-8)10-4-6-2-1-3-14-6/h1-3,5H,4H2,(H,10,12,13). The lowest BCUT2D eigenvalue weighted by atomic mass is 10.4. The molecule has 0 unspecified atom stereocenters. The third-order valence-electron chi connectivity index (χ3n) is 1.56. The Morgan fingerprint density at radius 1 is 1.50 bits per heavy atom. The molecular weight excluding hydrogens is 220 g/mol. The van der Waals surface area contributed by atoms with Gasteiger partial charge in [0.15, 0.2) is 0 Å². The van der Waals surface area contributed by atoms with Crippen molar-refractivity contribution >= 4 is 28.8 Å². The van der Waals surface area contributed by atoms with E-state index in [1.807, 2.05) is 17.5 Å². The van der Waals surface area contributed by atoms with Crippen LogP contribution in [0, 0.1) is 0 Å². The first kappa shape index (κ1) is 9.36. The fourth-order valence-electron chi connectivity index (χ4n) is 0.958. The van der Waals surface area contributed by atoms with E-state index in [-0.39, 0.29) is 5.28 Å². The van der Waals surface area contributed by atoms with E-state index in [1.54, 1.807) is 17.5 Å². The maximum absolute atomic E-state index is 5.58. The molecule has 72 valence electrons. The van der Waals surface area contributed by atoms with Crippen LogP contribution in [-0.2, 0) is 6.54 Å². The smallest absolute Gasteiger partial charge is 0.244 e. The largest absolute Gasteiger partial charge is 0.364 e. The van der Waals surface area contributed by atoms with E-state index in [0.717, 1.165) is 6.54 Å². The van der Waals surface area contributed by atoms with Gasteiger partial charge in [-0.1, -0.05) is 6.07 Å². The molecule has 0 saturated carbocycles. The van der Waals surface area contributed by atoms with Crippen LogP contribution < -0.4 is 5.32 Å². The minimum Gasteiger partial charge on any atom is -0.364 e. The van der Waals surface area contributed by atoms with Crippen molar-refractivity contribution < 1.29 is 0 Å². The van der Waals surface area contributed by atoms with E-state index in [4.69, 9.17) is 11.6 Å². The summed E-state index contributed by atoms with van der Waals surface area (Å²) in [5, 5.41) is 12.5. The number of halogens is 1. The van der Waals surface area contributed by atoms with Crippen molar-refractivity contribution in [2.24, 2.45) is 0 Å². The van der Waals surface area contributed by atoms with Gasteiger partial charge in [-0.2, -0.15) is 10.1 Å². The van der Waals surface area contributed by atoms with Gasteiger partial charge in [0.25, 0.3) is 0 Å². The fourth-order valence-corrected chi connectivity index (χ4v) is 1.74. The van der Waals surface area contributed by atoms with Crippen LogP contribution in [0.4, 0.5) is 5.82 Å². The molecule has 0 aliphatic carbocycles. The lowest BCUT2D eigenvalue weighted by Gasteiger charge is -2.01. The van der Waals surface area contributed by atoms with Crippen LogP contribution in [0.1, 0.15) is 4.88 Å². The third kappa shape index (κ3) is 2.40. The topological polar surface area (TPSA) is 50.7 Å². The third-order valence-corrected chi connectivity index (χ3v) is 2.59. The molecule has 0 spiro atoms. The lowest BCUT2D eigenvalue weighted by Crippen LogP contribution is -2.01. The van der Waals surface area contributed by atoms with Crippen LogP contribution in [0.15, 0.2) is 23.7 Å². The second-order valence-electron chi connectivity index (χ2n) is 2.54. The molecule has 6 heteroatoms. The molecule has 0 aromatic carbocycles. The highest BCUT2D eigenvalue weighted by atomic mass is 35.5. The Morgan fingerprint density at radius 2 is 2.43 bits per heavy atom. The first-order valence-electron chi connectivity index (χ1n) is 3.96. The van der Waals surface area contributed by atoms with Crippen molar-refractivity contribution in [1.29, 1.82) is 0 Å². The van der Waals surface area contributed by atoms with Gasteiger partial charge in [-0.25, -0.2) is 0 Å². The minimum atomic E-state index is 0.154. The number of aromatic nitrogens is 3. The molecule has 0 bridgehead atoms. The van der Waals surface area contributed by atoms with Gasteiger partial charge in [-0.3, -0.25) is 0 Å². The van der Waals surface area contributed by atoms with Crippen LogP contribution in [-0.4, -0.2) is 15.2 Å². The summed E-state index contributed by atoms with van der Waals surface area (Å²) in [6, 6.07) is 4.06. The van der Waals surface area contributed by atoms with E-state index < -0.39 is 0 Å². The van der Waals surface area contributed by atoms with E-state index in [9.17, 15) is 0 Å². The summed E-state index contributed by atoms with van der Waals surface area (Å²) in [6.45, 7) is 0.729. The molecule has 2 rings (SSSR count). The van der Waals surface area contributed by atoms with Crippen LogP contribution in [0.25, 0.3) is 0 Å². The Labute approximate surface area is 90.0 Å². The highest BCUT2D eigenvalue weighted by Gasteiger charge is 1.97. The summed E-state index contributed by atoms with van der Waals surface area (Å²) in [5.41, 5.74) is 0. The van der Waals surface area contributed by atoms with Crippen LogP contribution >= 0.6 is 22.9 Å². The van der Waals surface area contributed by atoms with Crippen LogP contribution in [0.3, 0.4) is 0 Å². The van der Waals surface area contributed by atoms with Gasteiger partial charge in [-0.05, 0) is 23.0 Å². The quantitative estimate of drug-likeness (QED) is 0.872. The van der Waals surface area contributed by atoms with Crippen LogP contribution in [0.2, 0.25) is 5.28 Å². The van der Waals surface area contributed by atoms with E-state index in [0.29, 0.717) is 5.82 Å². The summed E-state index contributed by atoms with van der Waals surface area (Å²) >= 11 is 7.27. The van der Waals surface area contributed by atoms with Crippen molar-refractivity contribution in [3.63, 3.8) is 0 Å². The molecular formula is C8H7ClN4S. The summed E-state index contributed by atoms with van der Waals surface area (Å²) in [6.07, 6.45) is 1.54. The highest BCUT2D eigenvalue weighted by molar-refractivity contribution is 7.09. The van der Waals surface area contributed by atoms with E-state index in [1.165, 1.54) is 4.88 Å². The van der Waals surface area contributed by atoms with Gasteiger partial charge in [0, 0.05) is 4.88 Å². The number of hydrogen-bond donors (Lipinski definition) is 1. The first-order valence-corrected chi connectivity index (χ1v) is 5.22. The van der Waals surface area contributed by atoms with Crippen molar-refractivity contribution in [2.45, 2.75) is 6.54 Å². The molecule has 0 aliphatic heterocycles. The molecule has 0 amide bonds. The zero-order valence-electron chi connectivity index (χ0n) is 7.14. The molecule has 4 nitrogen and oxygen atoms in total. The Bertz CT molecular complexity index is 403. The summed E-state index contributed by atoms with van der Waals surface area (Å²) in [7, 11) is 0. The molecule has 0 fully saturated rings. The fraction of sp³-hybridized carbons (Fsp3) is 0.125. The van der Waals surface area contributed by atoms with Gasteiger partial charge in [0.1, 0.15) is 5.82 Å². The molecule has 0 radical (unpaired) electrons. The zero-order chi connectivity index (χ0) is 9.80. The molecule has 0 atom stereocenters. The van der Waals surface area contributed by atoms with Crippen molar-refractivity contribution in [3.05, 3.63) is 33.9 Å². The van der Waals surface area contributed by atoms with Crippen molar-refractivity contribution in [1.82, 2.24) is 15.2 Å². The monoisotopic (exact) mass is 226 g/mol. The maximum atomic E-state index is 5.58. The second-order valence-corrected chi connectivity index (χ2v) is 3.91. The molecule has 2 aromatic heterocycles. The van der Waals surface area contributed by atoms with Gasteiger partial charge < -0.3 is 5.32 Å². The number of nitrogens with one attached hydrogen (secondary N) is 1. The average Bonchev–Trinajstić information content (AvgIpc) is 2.67. The van der Waals surface area contributed by atoms with Gasteiger partial charge in [0.2, 0.25) is 5.28 Å². The van der Waals surface area contributed by atoms with Gasteiger partial charge in [0.05, 0.1) is 12.7 Å². The lowest BCUT2D eigenvalue weighted by molar-refractivity contribution is 0.960. The summed E-state index contributed by atoms with van der Waals surface area (Å²) in [4.78, 5) is 5.19. The number of anilines is 1. The predicted octanol–water partition coefficient (Wildman–Crippen LogP) is 2.20. The Morgan fingerprint density at radius 3 is 3.14 bits per heavy atom. The van der Waals surface area contributed by atoms with Gasteiger partial charge in [-0.15, -0.1) is 16.4 Å². The number of nitrogens with zero attached hydrogens (tertiary/aromatic N) is 3. The van der Waals surface area contributed by atoms with Crippen molar-refractivity contribution in [3.8, 4) is 0 Å². The zero-order valence-corrected chi connectivity index (χ0v) is 8.72. The minimum absolute atomic E-state index is 0.154. The van der Waals surface area contributed by atoms with E-state index >= 15 is 0 Å². The normalized spacial score (nSPS) is 10.1. The summed E-state index contributed by atoms with van der Waals surface area (Å²) in [5.74, 6) is 0.637. The Balaban J connectivity index is 1.98. The number of rotatable bonds is 3. The molecule has 1 N–H and O–H groups in total.